The van der Waals surface area contributed by atoms with Crippen LogP contribution in [0.1, 0.15) is 5.56 Å². The molecule has 0 unspecified atom stereocenters. The summed E-state index contributed by atoms with van der Waals surface area (Å²) < 4.78 is 33.4. The second-order valence-electron chi connectivity index (χ2n) is 3.45. The van der Waals surface area contributed by atoms with E-state index in [4.69, 9.17) is 10.00 Å². The number of rotatable bonds is 4. The summed E-state index contributed by atoms with van der Waals surface area (Å²) in [5, 5.41) is 8.74. The molecule has 6 heteroatoms. The van der Waals surface area contributed by atoms with Gasteiger partial charge in [-0.1, -0.05) is 6.07 Å². The average molecular weight is 262 g/mol. The second kappa shape index (κ2) is 5.78. The maximum atomic E-state index is 11.9. The number of nitrogens with zero attached hydrogens (tertiary/aromatic N) is 2. The van der Waals surface area contributed by atoms with E-state index in [1.807, 2.05) is 6.07 Å². The van der Waals surface area contributed by atoms with Gasteiger partial charge < -0.3 is 9.47 Å². The molecule has 0 N–H and O–H groups in total. The van der Waals surface area contributed by atoms with E-state index in [0.717, 1.165) is 6.20 Å². The Morgan fingerprint density at radius 3 is 2.63 bits per heavy atom. The fourth-order valence-corrected chi connectivity index (χ4v) is 1.35. The van der Waals surface area contributed by atoms with Gasteiger partial charge in [0.05, 0.1) is 17.8 Å². The largest absolute Gasteiger partial charge is 0.439 e. The summed E-state index contributed by atoms with van der Waals surface area (Å²) >= 11 is 0. The van der Waals surface area contributed by atoms with E-state index < -0.39 is 6.61 Å². The molecule has 1 aromatic heterocycles. The van der Waals surface area contributed by atoms with Crippen molar-refractivity contribution in [3.63, 3.8) is 0 Å². The van der Waals surface area contributed by atoms with Gasteiger partial charge >= 0.3 is 6.61 Å². The zero-order chi connectivity index (χ0) is 13.7. The molecule has 0 saturated carbocycles. The van der Waals surface area contributed by atoms with Crippen molar-refractivity contribution in [2.24, 2.45) is 0 Å². The summed E-state index contributed by atoms with van der Waals surface area (Å²) in [6.45, 7) is -2.89. The van der Waals surface area contributed by atoms with E-state index in [0.29, 0.717) is 11.3 Å². The lowest BCUT2D eigenvalue weighted by molar-refractivity contribution is -0.0501. The molecule has 2 aromatic rings. The quantitative estimate of drug-likeness (QED) is 0.847. The molecular formula is C13H8F2N2O2. The molecule has 0 aliphatic carbocycles. The van der Waals surface area contributed by atoms with E-state index in [2.05, 4.69) is 9.72 Å². The molecule has 2 rings (SSSR count). The molecule has 1 aromatic carbocycles. The van der Waals surface area contributed by atoms with E-state index >= 15 is 0 Å². The van der Waals surface area contributed by atoms with Crippen molar-refractivity contribution in [3.8, 4) is 23.4 Å². The number of ether oxygens (including phenoxy) is 2. The maximum absolute atomic E-state index is 11.9. The highest BCUT2D eigenvalue weighted by molar-refractivity contribution is 5.38. The van der Waals surface area contributed by atoms with Crippen molar-refractivity contribution in [2.75, 3.05) is 0 Å². The smallest absolute Gasteiger partial charge is 0.387 e. The topological polar surface area (TPSA) is 55.1 Å². The van der Waals surface area contributed by atoms with E-state index in [1.54, 1.807) is 24.3 Å². The van der Waals surface area contributed by atoms with E-state index in [-0.39, 0.29) is 11.6 Å². The highest BCUT2D eigenvalue weighted by Crippen LogP contribution is 2.22. The van der Waals surface area contributed by atoms with Crippen LogP contribution in [-0.2, 0) is 0 Å². The molecule has 0 radical (unpaired) electrons. The van der Waals surface area contributed by atoms with Gasteiger partial charge in [-0.2, -0.15) is 14.0 Å². The molecular weight excluding hydrogens is 254 g/mol. The van der Waals surface area contributed by atoms with Crippen LogP contribution >= 0.6 is 0 Å². The average Bonchev–Trinajstić information content (AvgIpc) is 2.41. The number of alkyl halides is 2. The Morgan fingerprint density at radius 1 is 1.16 bits per heavy atom. The Balaban J connectivity index is 2.09. The van der Waals surface area contributed by atoms with Crippen LogP contribution in [0.3, 0.4) is 0 Å². The number of hydrogen-bond donors (Lipinski definition) is 0. The molecule has 0 aliphatic rings. The normalized spacial score (nSPS) is 10.0. The zero-order valence-electron chi connectivity index (χ0n) is 9.59. The van der Waals surface area contributed by atoms with Gasteiger partial charge in [-0.05, 0) is 24.3 Å². The predicted molar refractivity (Wildman–Crippen MR) is 62.1 cm³/mol. The van der Waals surface area contributed by atoms with Crippen molar-refractivity contribution in [2.45, 2.75) is 6.61 Å². The van der Waals surface area contributed by atoms with E-state index in [9.17, 15) is 8.78 Å². The number of halogens is 2. The van der Waals surface area contributed by atoms with Gasteiger partial charge in [0, 0.05) is 6.07 Å². The molecule has 0 fully saturated rings. The number of hydrogen-bond acceptors (Lipinski definition) is 4. The first kappa shape index (κ1) is 12.8. The molecule has 0 saturated heterocycles. The summed E-state index contributed by atoms with van der Waals surface area (Å²) in [6, 6.07) is 11.2. The van der Waals surface area contributed by atoms with Crippen LogP contribution in [0, 0.1) is 11.3 Å². The Morgan fingerprint density at radius 2 is 2.00 bits per heavy atom. The maximum Gasteiger partial charge on any atom is 0.387 e. The molecule has 19 heavy (non-hydrogen) atoms. The van der Waals surface area contributed by atoms with Crippen LogP contribution in [0.4, 0.5) is 8.78 Å². The van der Waals surface area contributed by atoms with Gasteiger partial charge in [-0.25, -0.2) is 4.98 Å². The van der Waals surface area contributed by atoms with Gasteiger partial charge in [0.15, 0.2) is 0 Å². The molecule has 0 aliphatic heterocycles. The van der Waals surface area contributed by atoms with Crippen LogP contribution in [0.25, 0.3) is 0 Å². The first-order valence-corrected chi connectivity index (χ1v) is 5.26. The van der Waals surface area contributed by atoms with Crippen molar-refractivity contribution >= 4 is 0 Å². The monoisotopic (exact) mass is 262 g/mol. The summed E-state index contributed by atoms with van der Waals surface area (Å²) in [7, 11) is 0. The fraction of sp³-hybridized carbons (Fsp3) is 0.0769. The second-order valence-corrected chi connectivity index (χ2v) is 3.45. The lowest BCUT2D eigenvalue weighted by atomic mass is 10.2. The molecule has 0 bridgehead atoms. The minimum absolute atomic E-state index is 0.0480. The molecule has 1 heterocycles. The van der Waals surface area contributed by atoms with Crippen LogP contribution in [-0.4, -0.2) is 11.6 Å². The molecule has 0 amide bonds. The lowest BCUT2D eigenvalue weighted by Crippen LogP contribution is -2.02. The zero-order valence-corrected chi connectivity index (χ0v) is 9.59. The SMILES string of the molecule is N#Cc1cccc(Oc2ccc(OC(F)F)cn2)c1. The third kappa shape index (κ3) is 3.64. The number of pyridine rings is 1. The predicted octanol–water partition coefficient (Wildman–Crippen LogP) is 3.35. The number of benzene rings is 1. The molecule has 0 atom stereocenters. The van der Waals surface area contributed by atoms with Gasteiger partial charge in [0.1, 0.15) is 11.5 Å². The molecule has 4 nitrogen and oxygen atoms in total. The number of nitriles is 1. The van der Waals surface area contributed by atoms with Crippen molar-refractivity contribution in [1.29, 1.82) is 5.26 Å². The summed E-state index contributed by atoms with van der Waals surface area (Å²) in [5.74, 6) is 0.610. The Bertz CT molecular complexity index is 594. The first-order valence-electron chi connectivity index (χ1n) is 5.26. The standard InChI is InChI=1S/C13H8F2N2O2/c14-13(15)19-11-4-5-12(17-8-11)18-10-3-1-2-9(6-10)7-16/h1-6,8,13H. The van der Waals surface area contributed by atoms with Crippen molar-refractivity contribution in [3.05, 3.63) is 48.2 Å². The summed E-state index contributed by atoms with van der Waals surface area (Å²) in [6.07, 6.45) is 1.13. The summed E-state index contributed by atoms with van der Waals surface area (Å²) in [5.41, 5.74) is 0.454. The van der Waals surface area contributed by atoms with Gasteiger partial charge in [-0.15, -0.1) is 0 Å². The van der Waals surface area contributed by atoms with Crippen LogP contribution in [0.15, 0.2) is 42.6 Å². The van der Waals surface area contributed by atoms with Crippen LogP contribution in [0.5, 0.6) is 17.4 Å². The highest BCUT2D eigenvalue weighted by atomic mass is 19.3. The van der Waals surface area contributed by atoms with Crippen molar-refractivity contribution < 1.29 is 18.3 Å². The van der Waals surface area contributed by atoms with Gasteiger partial charge in [0.2, 0.25) is 5.88 Å². The van der Waals surface area contributed by atoms with Gasteiger partial charge in [0.25, 0.3) is 0 Å². The Hall–Kier alpha value is -2.68. The third-order valence-electron chi connectivity index (χ3n) is 2.12. The molecule has 96 valence electrons. The lowest BCUT2D eigenvalue weighted by Gasteiger charge is -2.06. The fourth-order valence-electron chi connectivity index (χ4n) is 1.35. The minimum atomic E-state index is -2.89. The highest BCUT2D eigenvalue weighted by Gasteiger charge is 2.05. The first-order chi connectivity index (χ1) is 9.17. The third-order valence-corrected chi connectivity index (χ3v) is 2.12. The Kier molecular flexibility index (Phi) is 3.88. The number of aromatic nitrogens is 1. The van der Waals surface area contributed by atoms with Crippen LogP contribution in [0.2, 0.25) is 0 Å². The van der Waals surface area contributed by atoms with E-state index in [1.165, 1.54) is 12.1 Å². The summed E-state index contributed by atoms with van der Waals surface area (Å²) in [4.78, 5) is 3.82. The van der Waals surface area contributed by atoms with Gasteiger partial charge in [-0.3, -0.25) is 0 Å². The molecule has 0 spiro atoms. The van der Waals surface area contributed by atoms with Crippen LogP contribution < -0.4 is 9.47 Å². The van der Waals surface area contributed by atoms with Crippen molar-refractivity contribution in [1.82, 2.24) is 4.98 Å². The Labute approximate surface area is 107 Å². The minimum Gasteiger partial charge on any atom is -0.439 e.